The Morgan fingerprint density at radius 3 is 2.44 bits per heavy atom. The van der Waals surface area contributed by atoms with E-state index in [0.29, 0.717) is 0 Å². The first kappa shape index (κ1) is 17.4. The van der Waals surface area contributed by atoms with E-state index in [1.165, 1.54) is 5.56 Å². The van der Waals surface area contributed by atoms with Crippen LogP contribution in [-0.2, 0) is 6.42 Å². The van der Waals surface area contributed by atoms with Crippen molar-refractivity contribution in [1.82, 2.24) is 9.97 Å². The van der Waals surface area contributed by atoms with Gasteiger partial charge in [-0.05, 0) is 53.4 Å². The van der Waals surface area contributed by atoms with E-state index >= 15 is 0 Å². The zero-order valence-electron chi connectivity index (χ0n) is 14.2. The van der Waals surface area contributed by atoms with Crippen LogP contribution in [0, 0.1) is 6.92 Å². The molecule has 0 saturated carbocycles. The van der Waals surface area contributed by atoms with E-state index in [1.807, 2.05) is 43.3 Å². The number of hydrogen-bond acceptors (Lipinski definition) is 4. The molecule has 0 fully saturated rings. The first-order valence-electron chi connectivity index (χ1n) is 8.36. The number of nitrogens with one attached hydrogen (secondary N) is 2. The summed E-state index contributed by atoms with van der Waals surface area (Å²) in [6, 6.07) is 20.5. The highest BCUT2D eigenvalue weighted by Gasteiger charge is 2.04. The lowest BCUT2D eigenvalue weighted by atomic mass is 10.1. The second kappa shape index (κ2) is 8.62. The molecule has 0 saturated heterocycles. The molecule has 0 amide bonds. The summed E-state index contributed by atoms with van der Waals surface area (Å²) in [5, 5.41) is 6.73. The Morgan fingerprint density at radius 2 is 1.64 bits per heavy atom. The van der Waals surface area contributed by atoms with Crippen molar-refractivity contribution in [2.24, 2.45) is 0 Å². The van der Waals surface area contributed by atoms with Crippen LogP contribution in [-0.4, -0.2) is 16.5 Å². The molecule has 1 aromatic heterocycles. The zero-order valence-corrected chi connectivity index (χ0v) is 15.8. The molecule has 2 N–H and O–H groups in total. The van der Waals surface area contributed by atoms with Crippen molar-refractivity contribution in [2.75, 3.05) is 17.2 Å². The molecular formula is C20H21BrN4. The predicted octanol–water partition coefficient (Wildman–Crippen LogP) is 5.34. The standard InChI is InChI=1S/C20H21BrN4/c1-15-23-19(22-13-7-10-16-8-3-2-4-9-16)14-20(24-15)25-18-12-6-5-11-17(18)21/h2-6,8-9,11-12,14H,7,10,13H2,1H3,(H2,22,23,24,25). The second-order valence-electron chi connectivity index (χ2n) is 5.81. The van der Waals surface area contributed by atoms with Crippen LogP contribution in [0.5, 0.6) is 0 Å². The van der Waals surface area contributed by atoms with Gasteiger partial charge in [-0.25, -0.2) is 9.97 Å². The Kier molecular flexibility index (Phi) is 6.01. The number of nitrogens with zero attached hydrogens (tertiary/aromatic N) is 2. The topological polar surface area (TPSA) is 49.8 Å². The number of aromatic nitrogens is 2. The third-order valence-corrected chi connectivity index (χ3v) is 4.46. The molecule has 0 radical (unpaired) electrons. The maximum Gasteiger partial charge on any atom is 0.136 e. The molecule has 5 heteroatoms. The van der Waals surface area contributed by atoms with Crippen molar-refractivity contribution in [3.63, 3.8) is 0 Å². The quantitative estimate of drug-likeness (QED) is 0.529. The van der Waals surface area contributed by atoms with Crippen LogP contribution in [0.4, 0.5) is 17.3 Å². The molecule has 3 aromatic rings. The monoisotopic (exact) mass is 396 g/mol. The zero-order chi connectivity index (χ0) is 17.5. The molecular weight excluding hydrogens is 376 g/mol. The van der Waals surface area contributed by atoms with Crippen LogP contribution in [0.2, 0.25) is 0 Å². The van der Waals surface area contributed by atoms with E-state index in [9.17, 15) is 0 Å². The van der Waals surface area contributed by atoms with Gasteiger partial charge in [0.25, 0.3) is 0 Å². The summed E-state index contributed by atoms with van der Waals surface area (Å²) in [6.45, 7) is 2.78. The van der Waals surface area contributed by atoms with Gasteiger partial charge in [0, 0.05) is 17.1 Å². The third-order valence-electron chi connectivity index (χ3n) is 3.77. The molecule has 0 aliphatic heterocycles. The van der Waals surface area contributed by atoms with E-state index in [0.717, 1.165) is 47.0 Å². The minimum atomic E-state index is 0.739. The molecule has 2 aromatic carbocycles. The Hall–Kier alpha value is -2.40. The van der Waals surface area contributed by atoms with Gasteiger partial charge in [0.15, 0.2) is 0 Å². The third kappa shape index (κ3) is 5.29. The highest BCUT2D eigenvalue weighted by molar-refractivity contribution is 9.10. The average Bonchev–Trinajstić information content (AvgIpc) is 2.61. The van der Waals surface area contributed by atoms with E-state index in [4.69, 9.17) is 0 Å². The van der Waals surface area contributed by atoms with Gasteiger partial charge < -0.3 is 10.6 Å². The number of halogens is 1. The molecule has 0 unspecified atom stereocenters. The molecule has 0 atom stereocenters. The molecule has 1 heterocycles. The SMILES string of the molecule is Cc1nc(NCCCc2ccccc2)cc(Nc2ccccc2Br)n1. The van der Waals surface area contributed by atoms with Gasteiger partial charge in [0.1, 0.15) is 17.5 Å². The van der Waals surface area contributed by atoms with E-state index in [-0.39, 0.29) is 0 Å². The molecule has 0 aliphatic carbocycles. The number of hydrogen-bond donors (Lipinski definition) is 2. The molecule has 0 bridgehead atoms. The fraction of sp³-hybridized carbons (Fsp3) is 0.200. The van der Waals surface area contributed by atoms with Crippen molar-refractivity contribution in [3.05, 3.63) is 76.5 Å². The lowest BCUT2D eigenvalue weighted by molar-refractivity contribution is 0.856. The molecule has 4 nitrogen and oxygen atoms in total. The Morgan fingerprint density at radius 1 is 0.920 bits per heavy atom. The lowest BCUT2D eigenvalue weighted by Gasteiger charge is -2.11. The normalized spacial score (nSPS) is 10.5. The van der Waals surface area contributed by atoms with Crippen molar-refractivity contribution in [3.8, 4) is 0 Å². The van der Waals surface area contributed by atoms with Crippen LogP contribution in [0.1, 0.15) is 17.8 Å². The summed E-state index contributed by atoms with van der Waals surface area (Å²) in [6.07, 6.45) is 2.11. The van der Waals surface area contributed by atoms with Gasteiger partial charge in [0.05, 0.1) is 5.69 Å². The van der Waals surface area contributed by atoms with Gasteiger partial charge in [-0.1, -0.05) is 42.5 Å². The number of aryl methyl sites for hydroxylation is 2. The van der Waals surface area contributed by atoms with Crippen LogP contribution in [0.3, 0.4) is 0 Å². The van der Waals surface area contributed by atoms with E-state index < -0.39 is 0 Å². The fourth-order valence-electron chi connectivity index (χ4n) is 2.58. The fourth-order valence-corrected chi connectivity index (χ4v) is 2.96. The minimum absolute atomic E-state index is 0.739. The van der Waals surface area contributed by atoms with E-state index in [2.05, 4.69) is 60.8 Å². The van der Waals surface area contributed by atoms with Crippen molar-refractivity contribution in [1.29, 1.82) is 0 Å². The predicted molar refractivity (Wildman–Crippen MR) is 107 cm³/mol. The second-order valence-corrected chi connectivity index (χ2v) is 6.66. The smallest absolute Gasteiger partial charge is 0.136 e. The largest absolute Gasteiger partial charge is 0.370 e. The van der Waals surface area contributed by atoms with Gasteiger partial charge in [-0.2, -0.15) is 0 Å². The highest BCUT2D eigenvalue weighted by atomic mass is 79.9. The van der Waals surface area contributed by atoms with Gasteiger partial charge >= 0.3 is 0 Å². The first-order valence-corrected chi connectivity index (χ1v) is 9.15. The van der Waals surface area contributed by atoms with Crippen molar-refractivity contribution < 1.29 is 0 Å². The lowest BCUT2D eigenvalue weighted by Crippen LogP contribution is -2.07. The first-order chi connectivity index (χ1) is 12.2. The highest BCUT2D eigenvalue weighted by Crippen LogP contribution is 2.25. The minimum Gasteiger partial charge on any atom is -0.370 e. The van der Waals surface area contributed by atoms with Gasteiger partial charge in [-0.15, -0.1) is 0 Å². The summed E-state index contributed by atoms with van der Waals surface area (Å²) < 4.78 is 1.00. The van der Waals surface area contributed by atoms with Gasteiger partial charge in [0.2, 0.25) is 0 Å². The Balaban J connectivity index is 1.59. The summed E-state index contributed by atoms with van der Waals surface area (Å²) in [5.41, 5.74) is 2.34. The van der Waals surface area contributed by atoms with Crippen molar-refractivity contribution in [2.45, 2.75) is 19.8 Å². The summed E-state index contributed by atoms with van der Waals surface area (Å²) in [7, 11) is 0. The number of anilines is 3. The van der Waals surface area contributed by atoms with E-state index in [1.54, 1.807) is 0 Å². The van der Waals surface area contributed by atoms with Crippen LogP contribution >= 0.6 is 15.9 Å². The van der Waals surface area contributed by atoms with Crippen molar-refractivity contribution >= 4 is 33.3 Å². The molecule has 25 heavy (non-hydrogen) atoms. The van der Waals surface area contributed by atoms with Crippen LogP contribution in [0.15, 0.2) is 65.1 Å². The summed E-state index contributed by atoms with van der Waals surface area (Å²) >= 11 is 3.54. The number of benzene rings is 2. The maximum atomic E-state index is 4.47. The molecule has 0 aliphatic rings. The van der Waals surface area contributed by atoms with Crippen LogP contribution in [0.25, 0.3) is 0 Å². The Labute approximate surface area is 156 Å². The molecule has 0 spiro atoms. The number of para-hydroxylation sites is 1. The molecule has 128 valence electrons. The number of rotatable bonds is 7. The van der Waals surface area contributed by atoms with Crippen LogP contribution < -0.4 is 10.6 Å². The Bertz CT molecular complexity index is 821. The molecule has 3 rings (SSSR count). The summed E-state index contributed by atoms with van der Waals surface area (Å²) in [5.74, 6) is 2.36. The average molecular weight is 397 g/mol. The van der Waals surface area contributed by atoms with Gasteiger partial charge in [-0.3, -0.25) is 0 Å². The maximum absolute atomic E-state index is 4.47. The summed E-state index contributed by atoms with van der Waals surface area (Å²) in [4.78, 5) is 8.93.